The predicted octanol–water partition coefficient (Wildman–Crippen LogP) is 2.55. The molecule has 0 bridgehead atoms. The van der Waals surface area contributed by atoms with Gasteiger partial charge in [-0.15, -0.1) is 0 Å². The van der Waals surface area contributed by atoms with Crippen molar-refractivity contribution in [3.8, 4) is 6.07 Å². The largest absolute Gasteiger partial charge is 0.280 e. The minimum Gasteiger partial charge on any atom is -0.280 e. The van der Waals surface area contributed by atoms with Crippen LogP contribution in [0.5, 0.6) is 0 Å². The van der Waals surface area contributed by atoms with E-state index >= 15 is 0 Å². The van der Waals surface area contributed by atoms with Gasteiger partial charge in [-0.3, -0.25) is 4.90 Å². The minimum atomic E-state index is 0.138. The predicted molar refractivity (Wildman–Crippen MR) is 63.8 cm³/mol. The Morgan fingerprint density at radius 3 is 2.81 bits per heavy atom. The molecule has 2 heteroatoms. The molecule has 0 aliphatic carbocycles. The molecule has 0 N–H and O–H groups in total. The van der Waals surface area contributed by atoms with Crippen LogP contribution in [0, 0.1) is 11.3 Å². The van der Waals surface area contributed by atoms with Crippen molar-refractivity contribution >= 4 is 10.8 Å². The smallest absolute Gasteiger partial charge is 0.111 e. The molecule has 3 rings (SSSR count). The van der Waals surface area contributed by atoms with Crippen molar-refractivity contribution < 1.29 is 0 Å². The molecular formula is C14H12N2. The van der Waals surface area contributed by atoms with Gasteiger partial charge in [0, 0.05) is 13.1 Å². The van der Waals surface area contributed by atoms with Gasteiger partial charge in [-0.25, -0.2) is 0 Å². The van der Waals surface area contributed by atoms with Crippen molar-refractivity contribution in [1.82, 2.24) is 4.90 Å². The zero-order chi connectivity index (χ0) is 11.0. The lowest BCUT2D eigenvalue weighted by molar-refractivity contribution is 0.534. The van der Waals surface area contributed by atoms with E-state index in [1.165, 1.54) is 16.3 Å². The molecule has 2 nitrogen and oxygen atoms in total. The molecule has 16 heavy (non-hydrogen) atoms. The van der Waals surface area contributed by atoms with Crippen LogP contribution in [0.2, 0.25) is 0 Å². The Morgan fingerprint density at radius 2 is 2.00 bits per heavy atom. The van der Waals surface area contributed by atoms with Gasteiger partial charge < -0.3 is 0 Å². The fourth-order valence-electron chi connectivity index (χ4n) is 2.12. The highest BCUT2D eigenvalue weighted by atomic mass is 15.3. The molecule has 0 radical (unpaired) electrons. The van der Waals surface area contributed by atoms with E-state index in [2.05, 4.69) is 53.4 Å². The van der Waals surface area contributed by atoms with E-state index in [1.807, 2.05) is 0 Å². The van der Waals surface area contributed by atoms with Gasteiger partial charge in [-0.05, 0) is 16.3 Å². The van der Waals surface area contributed by atoms with E-state index in [0.717, 1.165) is 13.1 Å². The third-order valence-electron chi connectivity index (χ3n) is 3.12. The van der Waals surface area contributed by atoms with Crippen LogP contribution in [0.25, 0.3) is 10.8 Å². The Hall–Kier alpha value is -1.85. The third kappa shape index (κ3) is 1.56. The van der Waals surface area contributed by atoms with Crippen molar-refractivity contribution in [1.29, 1.82) is 5.26 Å². The van der Waals surface area contributed by atoms with E-state index in [1.54, 1.807) is 0 Å². The van der Waals surface area contributed by atoms with Gasteiger partial charge in [0.25, 0.3) is 0 Å². The van der Waals surface area contributed by atoms with Gasteiger partial charge in [0.2, 0.25) is 0 Å². The average molecular weight is 208 g/mol. The van der Waals surface area contributed by atoms with E-state index in [4.69, 9.17) is 5.26 Å². The zero-order valence-electron chi connectivity index (χ0n) is 8.93. The zero-order valence-corrected chi connectivity index (χ0v) is 8.93. The second kappa shape index (κ2) is 3.62. The molecular weight excluding hydrogens is 196 g/mol. The Balaban J connectivity index is 1.95. The number of hydrogen-bond acceptors (Lipinski definition) is 2. The van der Waals surface area contributed by atoms with Gasteiger partial charge in [-0.2, -0.15) is 5.26 Å². The SMILES string of the molecule is N#CC1CN1Cc1cccc2ccccc12. The van der Waals surface area contributed by atoms with E-state index < -0.39 is 0 Å². The lowest BCUT2D eigenvalue weighted by Crippen LogP contribution is -2.01. The first-order valence-electron chi connectivity index (χ1n) is 5.49. The summed E-state index contributed by atoms with van der Waals surface area (Å²) in [6.07, 6.45) is 0. The molecule has 1 heterocycles. The average Bonchev–Trinajstić information content (AvgIpc) is 3.08. The third-order valence-corrected chi connectivity index (χ3v) is 3.12. The molecule has 1 aliphatic heterocycles. The van der Waals surface area contributed by atoms with Gasteiger partial charge in [-0.1, -0.05) is 42.5 Å². The van der Waals surface area contributed by atoms with Crippen LogP contribution in [0.3, 0.4) is 0 Å². The quantitative estimate of drug-likeness (QED) is 0.709. The van der Waals surface area contributed by atoms with Gasteiger partial charge in [0.05, 0.1) is 6.07 Å². The maximum atomic E-state index is 8.78. The van der Waals surface area contributed by atoms with Crippen molar-refractivity contribution in [2.45, 2.75) is 12.6 Å². The maximum Gasteiger partial charge on any atom is 0.111 e. The second-order valence-electron chi connectivity index (χ2n) is 4.21. The van der Waals surface area contributed by atoms with E-state index in [9.17, 15) is 0 Å². The summed E-state index contributed by atoms with van der Waals surface area (Å²) in [7, 11) is 0. The standard InChI is InChI=1S/C14H12N2/c15-8-13-10-16(13)9-12-6-3-5-11-4-1-2-7-14(11)12/h1-7,13H,9-10H2. The fourth-order valence-corrected chi connectivity index (χ4v) is 2.12. The molecule has 1 aliphatic rings. The summed E-state index contributed by atoms with van der Waals surface area (Å²) in [5, 5.41) is 11.3. The number of nitrogens with zero attached hydrogens (tertiary/aromatic N) is 2. The van der Waals surface area contributed by atoms with Crippen LogP contribution in [-0.2, 0) is 6.54 Å². The summed E-state index contributed by atoms with van der Waals surface area (Å²) in [6, 6.07) is 17.2. The van der Waals surface area contributed by atoms with Crippen molar-refractivity contribution in [3.05, 3.63) is 48.0 Å². The number of benzene rings is 2. The molecule has 0 amide bonds. The topological polar surface area (TPSA) is 26.8 Å². The first-order valence-corrected chi connectivity index (χ1v) is 5.49. The summed E-state index contributed by atoms with van der Waals surface area (Å²) < 4.78 is 0. The van der Waals surface area contributed by atoms with Crippen molar-refractivity contribution in [2.75, 3.05) is 6.54 Å². The Labute approximate surface area is 94.7 Å². The number of nitriles is 1. The first-order chi connectivity index (χ1) is 7.88. The molecule has 0 spiro atoms. The highest BCUT2D eigenvalue weighted by Gasteiger charge is 2.33. The number of fused-ring (bicyclic) bond motifs is 1. The second-order valence-corrected chi connectivity index (χ2v) is 4.21. The summed E-state index contributed by atoms with van der Waals surface area (Å²) in [6.45, 7) is 1.80. The molecule has 2 atom stereocenters. The van der Waals surface area contributed by atoms with Crippen LogP contribution in [-0.4, -0.2) is 17.5 Å². The Bertz CT molecular complexity index is 563. The molecule has 0 aromatic heterocycles. The van der Waals surface area contributed by atoms with Crippen LogP contribution in [0.15, 0.2) is 42.5 Å². The molecule has 2 aromatic carbocycles. The highest BCUT2D eigenvalue weighted by molar-refractivity contribution is 5.85. The van der Waals surface area contributed by atoms with Crippen molar-refractivity contribution in [3.63, 3.8) is 0 Å². The molecule has 78 valence electrons. The van der Waals surface area contributed by atoms with E-state index in [0.29, 0.717) is 0 Å². The summed E-state index contributed by atoms with van der Waals surface area (Å²) in [5.74, 6) is 0. The maximum absolute atomic E-state index is 8.78. The number of hydrogen-bond donors (Lipinski definition) is 0. The lowest BCUT2D eigenvalue weighted by atomic mass is 10.0. The summed E-state index contributed by atoms with van der Waals surface area (Å²) in [4.78, 5) is 2.18. The molecule has 1 fully saturated rings. The van der Waals surface area contributed by atoms with Crippen LogP contribution in [0.1, 0.15) is 5.56 Å². The van der Waals surface area contributed by atoms with Gasteiger partial charge in [0.1, 0.15) is 6.04 Å². The van der Waals surface area contributed by atoms with Crippen molar-refractivity contribution in [2.24, 2.45) is 0 Å². The normalized spacial score (nSPS) is 22.9. The minimum absolute atomic E-state index is 0.138. The summed E-state index contributed by atoms with van der Waals surface area (Å²) in [5.41, 5.74) is 1.32. The fraction of sp³-hybridized carbons (Fsp3) is 0.214. The highest BCUT2D eigenvalue weighted by Crippen LogP contribution is 2.25. The lowest BCUT2D eigenvalue weighted by Gasteiger charge is -2.06. The number of rotatable bonds is 2. The van der Waals surface area contributed by atoms with Gasteiger partial charge in [0.15, 0.2) is 0 Å². The Morgan fingerprint density at radius 1 is 1.19 bits per heavy atom. The first kappa shape index (κ1) is 9.38. The summed E-state index contributed by atoms with van der Waals surface area (Å²) >= 11 is 0. The van der Waals surface area contributed by atoms with E-state index in [-0.39, 0.29) is 6.04 Å². The van der Waals surface area contributed by atoms with Crippen LogP contribution < -0.4 is 0 Å². The van der Waals surface area contributed by atoms with Crippen LogP contribution in [0.4, 0.5) is 0 Å². The van der Waals surface area contributed by atoms with Gasteiger partial charge >= 0.3 is 0 Å². The van der Waals surface area contributed by atoms with Crippen LogP contribution >= 0.6 is 0 Å². The Kier molecular flexibility index (Phi) is 2.12. The monoisotopic (exact) mass is 208 g/mol. The molecule has 2 unspecified atom stereocenters. The molecule has 0 saturated carbocycles. The molecule has 1 saturated heterocycles. The molecule has 2 aromatic rings.